The number of hydrogen-bond donors (Lipinski definition) is 0. The number of benzene rings is 6. The highest BCUT2D eigenvalue weighted by Gasteiger charge is 2.23. The number of allylic oxidation sites excluding steroid dienone is 1. The van der Waals surface area contributed by atoms with E-state index in [1.165, 1.54) is 11.3 Å². The second-order valence-corrected chi connectivity index (χ2v) is 19.1. The number of anilines is 3. The lowest BCUT2D eigenvalue weighted by Gasteiger charge is -2.23. The van der Waals surface area contributed by atoms with Gasteiger partial charge < -0.3 is 19.1 Å². The smallest absolute Gasteiger partial charge is 0.248 e. The van der Waals surface area contributed by atoms with E-state index in [1.54, 1.807) is 11.3 Å². The molecule has 0 atom stereocenters. The van der Waals surface area contributed by atoms with Crippen molar-refractivity contribution in [3.63, 3.8) is 0 Å². The van der Waals surface area contributed by atoms with Gasteiger partial charge in [0.25, 0.3) is 0 Å². The normalized spacial score (nSPS) is 12.0. The van der Waals surface area contributed by atoms with Gasteiger partial charge in [0.05, 0.1) is 15.8 Å². The SMILES string of the molecule is CC(C)(C)c1ccc(-c2nnc(-c3ccccc3)o2)cc1.CCN(CC)c1ccc(C(=O)c2ccc(N(CC)CC)cc2)cc1.CCN(CC)c1ccc2c(c1)CC(=O)C(c1nc3ccccc3s1)=C2. The predicted molar refractivity (Wildman–Crippen MR) is 294 cm³/mol. The third kappa shape index (κ3) is 12.2. The van der Waals surface area contributed by atoms with Crippen molar-refractivity contribution in [1.82, 2.24) is 15.2 Å². The van der Waals surface area contributed by atoms with Gasteiger partial charge in [-0.2, -0.15) is 0 Å². The molecule has 2 aromatic heterocycles. The van der Waals surface area contributed by atoms with Gasteiger partial charge in [0.15, 0.2) is 11.6 Å². The molecule has 9 rings (SSSR count). The second-order valence-electron chi connectivity index (χ2n) is 18.1. The van der Waals surface area contributed by atoms with Gasteiger partial charge in [0.1, 0.15) is 5.01 Å². The highest BCUT2D eigenvalue weighted by Crippen LogP contribution is 2.35. The van der Waals surface area contributed by atoms with Gasteiger partial charge in [-0.25, -0.2) is 4.98 Å². The molecule has 10 heteroatoms. The van der Waals surface area contributed by atoms with Crippen LogP contribution in [0.4, 0.5) is 17.1 Å². The van der Waals surface area contributed by atoms with E-state index in [9.17, 15) is 9.59 Å². The van der Waals surface area contributed by atoms with Crippen LogP contribution in [0.3, 0.4) is 0 Å². The molecular formula is C60H66N6O3S. The Bertz CT molecular complexity index is 2900. The van der Waals surface area contributed by atoms with Gasteiger partial charge in [-0.1, -0.05) is 69.3 Å². The van der Waals surface area contributed by atoms with Crippen molar-refractivity contribution >= 4 is 61.8 Å². The number of thiazole rings is 1. The first-order chi connectivity index (χ1) is 33.9. The molecule has 0 N–H and O–H groups in total. The Kier molecular flexibility index (Phi) is 17.0. The molecule has 9 nitrogen and oxygen atoms in total. The number of Topliss-reactive ketones (excluding diaryl/α,β-unsaturated/α-hetero) is 1. The maximum atomic E-state index is 12.7. The van der Waals surface area contributed by atoms with Crippen LogP contribution in [0.1, 0.15) is 99.9 Å². The molecule has 6 aromatic carbocycles. The molecule has 0 fully saturated rings. The highest BCUT2D eigenvalue weighted by atomic mass is 32.1. The van der Waals surface area contributed by atoms with E-state index in [0.717, 1.165) is 105 Å². The van der Waals surface area contributed by atoms with Crippen molar-refractivity contribution in [2.24, 2.45) is 0 Å². The summed E-state index contributed by atoms with van der Waals surface area (Å²) in [6.45, 7) is 25.3. The van der Waals surface area contributed by atoms with Crippen LogP contribution >= 0.6 is 11.3 Å². The summed E-state index contributed by atoms with van der Waals surface area (Å²) in [4.78, 5) is 36.9. The molecule has 1 aliphatic rings. The van der Waals surface area contributed by atoms with Crippen molar-refractivity contribution < 1.29 is 14.0 Å². The minimum Gasteiger partial charge on any atom is -0.416 e. The number of hydrogen-bond acceptors (Lipinski definition) is 10. The van der Waals surface area contributed by atoms with Crippen LogP contribution in [-0.4, -0.2) is 66.0 Å². The lowest BCUT2D eigenvalue weighted by atomic mass is 9.87. The van der Waals surface area contributed by atoms with E-state index in [4.69, 9.17) is 4.42 Å². The lowest BCUT2D eigenvalue weighted by Crippen LogP contribution is -2.22. The summed E-state index contributed by atoms with van der Waals surface area (Å²) < 4.78 is 6.88. The quantitative estimate of drug-likeness (QED) is 0.0988. The van der Waals surface area contributed by atoms with Gasteiger partial charge in [0.2, 0.25) is 11.8 Å². The van der Waals surface area contributed by atoms with E-state index in [0.29, 0.717) is 18.2 Å². The summed E-state index contributed by atoms with van der Waals surface area (Å²) in [5, 5.41) is 9.08. The molecule has 8 aromatic rings. The first kappa shape index (κ1) is 50.7. The minimum absolute atomic E-state index is 0.0761. The lowest BCUT2D eigenvalue weighted by molar-refractivity contribution is -0.113. The van der Waals surface area contributed by atoms with Crippen LogP contribution in [-0.2, 0) is 16.6 Å². The van der Waals surface area contributed by atoms with Gasteiger partial charge in [-0.05, 0) is 167 Å². The fourth-order valence-corrected chi connectivity index (χ4v) is 9.49. The molecule has 0 aliphatic heterocycles. The Morgan fingerprint density at radius 1 is 0.586 bits per heavy atom. The van der Waals surface area contributed by atoms with Crippen LogP contribution in [0, 0.1) is 0 Å². The summed E-state index contributed by atoms with van der Waals surface area (Å²) in [5.41, 5.74) is 12.2. The molecule has 0 saturated carbocycles. The van der Waals surface area contributed by atoms with E-state index in [-0.39, 0.29) is 17.0 Å². The summed E-state index contributed by atoms with van der Waals surface area (Å²) in [6.07, 6.45) is 2.46. The molecule has 0 saturated heterocycles. The first-order valence-electron chi connectivity index (χ1n) is 24.6. The number of para-hydroxylation sites is 1. The van der Waals surface area contributed by atoms with Crippen molar-refractivity contribution in [1.29, 1.82) is 0 Å². The molecular weight excluding hydrogens is 885 g/mol. The largest absolute Gasteiger partial charge is 0.416 e. The maximum absolute atomic E-state index is 12.7. The van der Waals surface area contributed by atoms with Crippen LogP contribution in [0.2, 0.25) is 0 Å². The Labute approximate surface area is 418 Å². The number of nitrogens with zero attached hydrogens (tertiary/aromatic N) is 6. The number of rotatable bonds is 14. The molecule has 2 heterocycles. The number of carbonyl (C=O) groups is 2. The Morgan fingerprint density at radius 2 is 1.07 bits per heavy atom. The van der Waals surface area contributed by atoms with Gasteiger partial charge in [0, 0.05) is 85.0 Å². The third-order valence-electron chi connectivity index (χ3n) is 12.7. The maximum Gasteiger partial charge on any atom is 0.248 e. The third-order valence-corrected chi connectivity index (χ3v) is 13.8. The molecule has 70 heavy (non-hydrogen) atoms. The van der Waals surface area contributed by atoms with Gasteiger partial charge >= 0.3 is 0 Å². The molecule has 1 aliphatic carbocycles. The summed E-state index contributed by atoms with van der Waals surface area (Å²) in [7, 11) is 0. The zero-order chi connectivity index (χ0) is 49.8. The van der Waals surface area contributed by atoms with Crippen LogP contribution < -0.4 is 14.7 Å². The number of fused-ring (bicyclic) bond motifs is 2. The van der Waals surface area contributed by atoms with Crippen molar-refractivity contribution in [2.75, 3.05) is 54.0 Å². The topological polar surface area (TPSA) is 95.7 Å². The number of ketones is 2. The first-order valence-corrected chi connectivity index (χ1v) is 25.4. The summed E-state index contributed by atoms with van der Waals surface area (Å²) >= 11 is 1.59. The fourth-order valence-electron chi connectivity index (χ4n) is 8.49. The Hall–Kier alpha value is -7.17. The molecule has 360 valence electrons. The molecule has 0 spiro atoms. The highest BCUT2D eigenvalue weighted by molar-refractivity contribution is 7.19. The number of carbonyl (C=O) groups excluding carboxylic acids is 2. The second kappa shape index (κ2) is 23.4. The zero-order valence-corrected chi connectivity index (χ0v) is 43.0. The summed E-state index contributed by atoms with van der Waals surface area (Å²) in [6, 6.07) is 48.4. The molecule has 0 radical (unpaired) electrons. The van der Waals surface area contributed by atoms with Crippen LogP contribution in [0.25, 0.3) is 44.8 Å². The van der Waals surface area contributed by atoms with Crippen LogP contribution in [0.5, 0.6) is 0 Å². The summed E-state index contributed by atoms with van der Waals surface area (Å²) in [5.74, 6) is 1.33. The van der Waals surface area contributed by atoms with Crippen molar-refractivity contribution in [3.05, 3.63) is 178 Å². The number of aromatic nitrogens is 3. The Morgan fingerprint density at radius 3 is 1.59 bits per heavy atom. The van der Waals surface area contributed by atoms with E-state index >= 15 is 0 Å². The van der Waals surface area contributed by atoms with Crippen molar-refractivity contribution in [2.45, 2.75) is 74.1 Å². The monoisotopic (exact) mass is 950 g/mol. The van der Waals surface area contributed by atoms with Crippen LogP contribution in [0.15, 0.2) is 150 Å². The standard InChI is InChI=1S/C21H20N2OS.C21H28N2O.C18H18N2O/c1-3-23(4-2)16-10-9-14-12-17(19(24)13-15(14)11-16)21-22-18-7-5-6-8-20(18)25-21;1-5-22(6-2)19-13-9-17(10-14-19)21(24)18-11-15-20(16-12-18)23(7-3)8-4;1-18(2,3)15-11-9-14(10-12-15)17-20-19-16(21-17)13-7-5-4-6-8-13/h5-12H,3-4,13H2,1-2H3;9-16H,5-8H2,1-4H3;4-12H,1-3H3. The fraction of sp³-hybridized carbons (Fsp3) is 0.283. The minimum atomic E-state index is 0.0761. The van der Waals surface area contributed by atoms with Crippen molar-refractivity contribution in [3.8, 4) is 22.9 Å². The van der Waals surface area contributed by atoms with Gasteiger partial charge in [-0.3, -0.25) is 9.59 Å². The molecule has 0 amide bonds. The van der Waals surface area contributed by atoms with E-state index in [1.807, 2.05) is 115 Å². The zero-order valence-electron chi connectivity index (χ0n) is 42.2. The average molecular weight is 951 g/mol. The van der Waals surface area contributed by atoms with Gasteiger partial charge in [-0.15, -0.1) is 21.5 Å². The van der Waals surface area contributed by atoms with E-state index < -0.39 is 0 Å². The Balaban J connectivity index is 0.000000155. The van der Waals surface area contributed by atoms with E-state index in [2.05, 4.69) is 129 Å². The average Bonchev–Trinajstić information content (AvgIpc) is 4.07. The molecule has 0 bridgehead atoms. The predicted octanol–water partition coefficient (Wildman–Crippen LogP) is 14.1. The molecule has 0 unspecified atom stereocenters.